The van der Waals surface area contributed by atoms with Gasteiger partial charge in [-0.3, -0.25) is 14.4 Å². The fraction of sp³-hybridized carbons (Fsp3) is 0.605. The molecular formula is C43H57N5O4S. The van der Waals surface area contributed by atoms with Gasteiger partial charge in [0.25, 0.3) is 5.91 Å². The maximum absolute atomic E-state index is 14.2. The average molecular weight is 740 g/mol. The Labute approximate surface area is 319 Å². The highest BCUT2D eigenvalue weighted by atomic mass is 32.1. The van der Waals surface area contributed by atoms with Gasteiger partial charge in [0.2, 0.25) is 5.91 Å². The number of hydrogen-bond donors (Lipinski definition) is 2. The molecule has 2 aromatic heterocycles. The van der Waals surface area contributed by atoms with Crippen LogP contribution in [0.3, 0.4) is 0 Å². The average Bonchev–Trinajstić information content (AvgIpc) is 3.92. The summed E-state index contributed by atoms with van der Waals surface area (Å²) in [6.07, 6.45) is 17.0. The minimum Gasteiger partial charge on any atom is -0.481 e. The lowest BCUT2D eigenvalue weighted by molar-refractivity contribution is -0.143. The summed E-state index contributed by atoms with van der Waals surface area (Å²) in [6, 6.07) is 10.4. The van der Waals surface area contributed by atoms with Crippen molar-refractivity contribution in [2.24, 2.45) is 23.7 Å². The third-order valence-electron chi connectivity index (χ3n) is 12.7. The summed E-state index contributed by atoms with van der Waals surface area (Å²) in [5, 5.41) is 12.9. The molecule has 2 amide bonds. The molecule has 3 aromatic rings. The van der Waals surface area contributed by atoms with Crippen molar-refractivity contribution in [1.29, 1.82) is 0 Å². The number of carboxylic acids is 1. The van der Waals surface area contributed by atoms with Crippen molar-refractivity contribution in [3.63, 3.8) is 0 Å². The van der Waals surface area contributed by atoms with Gasteiger partial charge in [-0.25, -0.2) is 9.97 Å². The molecule has 10 heteroatoms. The zero-order chi connectivity index (χ0) is 37.3. The van der Waals surface area contributed by atoms with E-state index in [1.165, 1.54) is 62.7 Å². The van der Waals surface area contributed by atoms with E-state index in [1.807, 2.05) is 48.8 Å². The first kappa shape index (κ1) is 37.5. The van der Waals surface area contributed by atoms with Crippen LogP contribution in [0.4, 0.5) is 5.69 Å². The zero-order valence-corrected chi connectivity index (χ0v) is 32.7. The summed E-state index contributed by atoms with van der Waals surface area (Å²) in [5.41, 5.74) is 2.77. The maximum atomic E-state index is 14.2. The predicted molar refractivity (Wildman–Crippen MR) is 210 cm³/mol. The Balaban J connectivity index is 0.995. The van der Waals surface area contributed by atoms with Crippen molar-refractivity contribution in [2.75, 3.05) is 18.0 Å². The first-order valence-corrected chi connectivity index (χ1v) is 20.9. The Hall–Kier alpha value is -3.79. The molecule has 1 aliphatic carbocycles. The Morgan fingerprint density at radius 1 is 0.906 bits per heavy atom. The van der Waals surface area contributed by atoms with Crippen LogP contribution < -0.4 is 10.2 Å². The lowest BCUT2D eigenvalue weighted by Gasteiger charge is -2.39. The lowest BCUT2D eigenvalue weighted by Crippen LogP contribution is -2.51. The molecule has 4 fully saturated rings. The van der Waals surface area contributed by atoms with Crippen LogP contribution in [-0.4, -0.2) is 69.0 Å². The second-order valence-corrected chi connectivity index (χ2v) is 18.3. The van der Waals surface area contributed by atoms with Gasteiger partial charge in [-0.15, -0.1) is 11.3 Å². The van der Waals surface area contributed by atoms with Crippen molar-refractivity contribution in [1.82, 2.24) is 20.2 Å². The van der Waals surface area contributed by atoms with Crippen molar-refractivity contribution in [2.45, 2.75) is 128 Å². The van der Waals surface area contributed by atoms with E-state index >= 15 is 0 Å². The van der Waals surface area contributed by atoms with Crippen molar-refractivity contribution >= 4 is 34.8 Å². The zero-order valence-electron chi connectivity index (χ0n) is 31.9. The van der Waals surface area contributed by atoms with E-state index in [-0.39, 0.29) is 29.3 Å². The molecule has 9 nitrogen and oxygen atoms in total. The van der Waals surface area contributed by atoms with Crippen LogP contribution >= 0.6 is 11.3 Å². The Kier molecular flexibility index (Phi) is 11.3. The number of fused-ring (bicyclic) bond motifs is 2. The number of carboxylic acid groups (broad SMARTS) is 1. The Morgan fingerprint density at radius 3 is 2.19 bits per heavy atom. The number of carbonyl (C=O) groups is 3. The summed E-state index contributed by atoms with van der Waals surface area (Å²) in [5.74, 6) is 1.47. The minimum atomic E-state index is -0.852. The number of thiophene rings is 1. The molecule has 284 valence electrons. The van der Waals surface area contributed by atoms with E-state index in [9.17, 15) is 19.5 Å². The topological polar surface area (TPSA) is 116 Å². The van der Waals surface area contributed by atoms with Gasteiger partial charge in [0, 0.05) is 42.0 Å². The second kappa shape index (κ2) is 15.9. The molecule has 53 heavy (non-hydrogen) atoms. The molecule has 1 aromatic carbocycles. The quantitative estimate of drug-likeness (QED) is 0.204. The van der Waals surface area contributed by atoms with E-state index in [4.69, 9.17) is 9.97 Å². The SMILES string of the molecule is CCCC1CCC(C2CCN(c3cnc(-c4ccc(C[C@H](NC(=O)c5ccc(C(C)(C)C)s5)C(=O)N5C6CCC5[C@@H](C(=O)O)C6)cc4)nc3)CC2)CC1. The normalized spacial score (nSPS) is 25.4. The largest absolute Gasteiger partial charge is 0.481 e. The van der Waals surface area contributed by atoms with Gasteiger partial charge in [-0.2, -0.15) is 0 Å². The molecule has 5 heterocycles. The number of nitrogens with one attached hydrogen (secondary N) is 1. The Bertz CT molecular complexity index is 1730. The molecule has 2 unspecified atom stereocenters. The van der Waals surface area contributed by atoms with Crippen LogP contribution in [0.1, 0.15) is 118 Å². The van der Waals surface area contributed by atoms with Crippen LogP contribution in [-0.2, 0) is 21.4 Å². The van der Waals surface area contributed by atoms with Crippen LogP contribution in [0.5, 0.6) is 0 Å². The molecule has 3 aliphatic heterocycles. The van der Waals surface area contributed by atoms with Gasteiger partial charge >= 0.3 is 5.97 Å². The molecule has 3 saturated heterocycles. The second-order valence-electron chi connectivity index (χ2n) is 17.2. The summed E-state index contributed by atoms with van der Waals surface area (Å²) in [6.45, 7) is 10.8. The van der Waals surface area contributed by atoms with Gasteiger partial charge in [0.15, 0.2) is 5.82 Å². The molecule has 4 atom stereocenters. The first-order chi connectivity index (χ1) is 25.5. The number of nitrogens with zero attached hydrogens (tertiary/aromatic N) is 4. The summed E-state index contributed by atoms with van der Waals surface area (Å²) >= 11 is 1.44. The van der Waals surface area contributed by atoms with Gasteiger partial charge in [-0.05, 0) is 85.8 Å². The highest BCUT2D eigenvalue weighted by molar-refractivity contribution is 7.14. The monoisotopic (exact) mass is 739 g/mol. The standard InChI is InChI=1S/C43H57N5O4S/c1-5-6-27-7-11-29(12-8-27)30-19-21-47(22-20-30)33-25-44-39(45-26-33)31-13-9-28(10-14-31)23-35(46-40(49)37-17-18-38(53-37)43(2,3)4)41(50)48-32-15-16-36(48)34(24-32)42(51)52/h9-10,13-14,17-18,25-27,29-30,32,34-36H,5-8,11-12,15-16,19-24H2,1-4H3,(H,46,49)(H,51,52)/t27?,29?,32?,34-,35-,36?/m0/s1. The van der Waals surface area contributed by atoms with E-state index in [0.717, 1.165) is 59.0 Å². The van der Waals surface area contributed by atoms with E-state index in [0.29, 0.717) is 30.0 Å². The number of hydrogen-bond acceptors (Lipinski definition) is 7. The van der Waals surface area contributed by atoms with E-state index in [1.54, 1.807) is 4.90 Å². The van der Waals surface area contributed by atoms with E-state index in [2.05, 4.69) is 37.9 Å². The molecule has 0 radical (unpaired) electrons. The van der Waals surface area contributed by atoms with E-state index < -0.39 is 17.9 Å². The molecule has 0 spiro atoms. The first-order valence-electron chi connectivity index (χ1n) is 20.1. The number of aromatic nitrogens is 2. The Morgan fingerprint density at radius 2 is 1.58 bits per heavy atom. The highest BCUT2D eigenvalue weighted by Crippen LogP contribution is 2.43. The fourth-order valence-electron chi connectivity index (χ4n) is 9.71. The van der Waals surface area contributed by atoms with Crippen molar-refractivity contribution in [3.8, 4) is 11.4 Å². The number of benzene rings is 1. The summed E-state index contributed by atoms with van der Waals surface area (Å²) < 4.78 is 0. The molecule has 4 aliphatic rings. The van der Waals surface area contributed by atoms with Crippen LogP contribution in [0.2, 0.25) is 0 Å². The van der Waals surface area contributed by atoms with Crippen molar-refractivity contribution in [3.05, 3.63) is 64.1 Å². The fourth-order valence-corrected chi connectivity index (χ4v) is 10.7. The van der Waals surface area contributed by atoms with Crippen LogP contribution in [0, 0.1) is 23.7 Å². The predicted octanol–water partition coefficient (Wildman–Crippen LogP) is 8.13. The molecule has 7 rings (SSSR count). The number of rotatable bonds is 11. The molecule has 2 N–H and O–H groups in total. The van der Waals surface area contributed by atoms with Crippen molar-refractivity contribution < 1.29 is 19.5 Å². The number of anilines is 1. The summed E-state index contributed by atoms with van der Waals surface area (Å²) in [7, 11) is 0. The van der Waals surface area contributed by atoms with Crippen LogP contribution in [0.25, 0.3) is 11.4 Å². The molecule has 1 saturated carbocycles. The lowest BCUT2D eigenvalue weighted by atomic mass is 9.72. The van der Waals surface area contributed by atoms with Gasteiger partial charge in [0.1, 0.15) is 6.04 Å². The maximum Gasteiger partial charge on any atom is 0.308 e. The number of amides is 2. The molecule has 2 bridgehead atoms. The molecular weight excluding hydrogens is 683 g/mol. The van der Waals surface area contributed by atoms with Gasteiger partial charge in [-0.1, -0.05) is 77.6 Å². The highest BCUT2D eigenvalue weighted by Gasteiger charge is 2.52. The third-order valence-corrected chi connectivity index (χ3v) is 14.2. The third kappa shape index (κ3) is 8.32. The number of carbonyl (C=O) groups excluding carboxylic acids is 2. The van der Waals surface area contributed by atoms with Gasteiger partial charge < -0.3 is 20.2 Å². The number of aliphatic carboxylic acids is 1. The minimum absolute atomic E-state index is 0.0887. The van der Waals surface area contributed by atoms with Crippen LogP contribution in [0.15, 0.2) is 48.8 Å². The smallest absolute Gasteiger partial charge is 0.308 e. The summed E-state index contributed by atoms with van der Waals surface area (Å²) in [4.78, 5) is 55.1. The number of piperidine rings is 1. The van der Waals surface area contributed by atoms with Gasteiger partial charge in [0.05, 0.1) is 28.9 Å².